The normalized spacial score (nSPS) is 11.1. The number of carbonyl (C=O) groups is 1. The molecule has 174 valence electrons. The second kappa shape index (κ2) is 13.2. The van der Waals surface area contributed by atoms with Crippen LogP contribution in [0.15, 0.2) is 41.4 Å². The first-order chi connectivity index (χ1) is 15.5. The van der Waals surface area contributed by atoms with Gasteiger partial charge in [-0.15, -0.1) is 0 Å². The first kappa shape index (κ1) is 25.0. The quantitative estimate of drug-likeness (QED) is 0.239. The molecule has 8 heteroatoms. The minimum Gasteiger partial charge on any atom is -0.496 e. The number of aliphatic imine (C=N–C) groups is 1. The molecule has 2 rings (SSSR count). The molecule has 0 fully saturated rings. The molecule has 0 spiro atoms. The molecule has 2 aromatic rings. The summed E-state index contributed by atoms with van der Waals surface area (Å²) in [5.74, 6) is 1.48. The van der Waals surface area contributed by atoms with Crippen LogP contribution in [0, 0.1) is 6.92 Å². The van der Waals surface area contributed by atoms with E-state index < -0.39 is 5.97 Å². The van der Waals surface area contributed by atoms with Crippen molar-refractivity contribution < 1.29 is 23.7 Å². The molecule has 0 aliphatic heterocycles. The molecule has 0 saturated heterocycles. The fourth-order valence-corrected chi connectivity index (χ4v) is 3.02. The van der Waals surface area contributed by atoms with Gasteiger partial charge in [0.05, 0.1) is 20.8 Å². The second-order valence-electron chi connectivity index (χ2n) is 6.96. The number of nitrogens with one attached hydrogen (secondary N) is 2. The summed E-state index contributed by atoms with van der Waals surface area (Å²) in [4.78, 5) is 16.3. The monoisotopic (exact) mass is 443 g/mol. The maximum absolute atomic E-state index is 12.0. The van der Waals surface area contributed by atoms with Crippen LogP contribution in [0.25, 0.3) is 0 Å². The Bertz CT molecular complexity index is 915. The molecular formula is C24H33N3O5. The molecule has 0 aliphatic rings. The van der Waals surface area contributed by atoms with Crippen LogP contribution in [0.5, 0.6) is 11.5 Å². The number of carbonyl (C=O) groups excluding carboxylic acids is 1. The lowest BCUT2D eigenvalue weighted by Crippen LogP contribution is -2.36. The molecule has 0 atom stereocenters. The predicted molar refractivity (Wildman–Crippen MR) is 125 cm³/mol. The fraction of sp³-hybridized carbons (Fsp3) is 0.417. The molecule has 0 unspecified atom stereocenters. The average molecular weight is 444 g/mol. The summed E-state index contributed by atoms with van der Waals surface area (Å²) in [5, 5.41) is 6.55. The van der Waals surface area contributed by atoms with Crippen LogP contribution >= 0.6 is 0 Å². The number of aryl methyl sites for hydroxylation is 1. The van der Waals surface area contributed by atoms with E-state index >= 15 is 0 Å². The van der Waals surface area contributed by atoms with Gasteiger partial charge in [-0.3, -0.25) is 4.99 Å². The van der Waals surface area contributed by atoms with E-state index in [4.69, 9.17) is 18.9 Å². The molecule has 0 amide bonds. The fourth-order valence-electron chi connectivity index (χ4n) is 3.02. The summed E-state index contributed by atoms with van der Waals surface area (Å²) in [6.07, 6.45) is 0. The van der Waals surface area contributed by atoms with Crippen molar-refractivity contribution in [3.8, 4) is 11.5 Å². The van der Waals surface area contributed by atoms with Gasteiger partial charge in [0.1, 0.15) is 23.7 Å². The summed E-state index contributed by atoms with van der Waals surface area (Å²) < 4.78 is 21.3. The summed E-state index contributed by atoms with van der Waals surface area (Å²) in [5.41, 5.74) is 3.42. The van der Waals surface area contributed by atoms with Gasteiger partial charge < -0.3 is 29.6 Å². The number of ether oxygens (including phenoxy) is 4. The summed E-state index contributed by atoms with van der Waals surface area (Å²) in [6, 6.07) is 11.5. The Hall–Kier alpha value is -3.26. The van der Waals surface area contributed by atoms with E-state index in [0.717, 1.165) is 22.4 Å². The minimum atomic E-state index is -0.442. The number of nitrogens with zero attached hydrogens (tertiary/aromatic N) is 1. The van der Waals surface area contributed by atoms with E-state index in [1.807, 2.05) is 38.1 Å². The van der Waals surface area contributed by atoms with Crippen molar-refractivity contribution in [3.05, 3.63) is 58.7 Å². The number of rotatable bonds is 11. The van der Waals surface area contributed by atoms with Crippen molar-refractivity contribution in [1.82, 2.24) is 10.6 Å². The van der Waals surface area contributed by atoms with E-state index in [-0.39, 0.29) is 0 Å². The molecule has 0 aliphatic carbocycles. The Balaban J connectivity index is 1.99. The van der Waals surface area contributed by atoms with E-state index in [2.05, 4.69) is 15.6 Å². The van der Waals surface area contributed by atoms with E-state index in [9.17, 15) is 4.79 Å². The van der Waals surface area contributed by atoms with Crippen LogP contribution in [-0.4, -0.2) is 53.0 Å². The van der Waals surface area contributed by atoms with Gasteiger partial charge in [0.25, 0.3) is 0 Å². The highest BCUT2D eigenvalue weighted by atomic mass is 16.5. The maximum atomic E-state index is 12.0. The smallest absolute Gasteiger partial charge is 0.341 e. The Morgan fingerprint density at radius 1 is 1.00 bits per heavy atom. The highest BCUT2D eigenvalue weighted by molar-refractivity contribution is 5.92. The molecule has 0 radical (unpaired) electrons. The van der Waals surface area contributed by atoms with Gasteiger partial charge in [0.15, 0.2) is 5.96 Å². The number of esters is 1. The van der Waals surface area contributed by atoms with Gasteiger partial charge in [0, 0.05) is 32.3 Å². The zero-order valence-corrected chi connectivity index (χ0v) is 19.5. The molecule has 0 saturated carbocycles. The highest BCUT2D eigenvalue weighted by Crippen LogP contribution is 2.21. The highest BCUT2D eigenvalue weighted by Gasteiger charge is 2.13. The van der Waals surface area contributed by atoms with Crippen molar-refractivity contribution in [3.63, 3.8) is 0 Å². The van der Waals surface area contributed by atoms with Gasteiger partial charge in [0.2, 0.25) is 0 Å². The lowest BCUT2D eigenvalue weighted by atomic mass is 10.1. The lowest BCUT2D eigenvalue weighted by Gasteiger charge is -2.16. The van der Waals surface area contributed by atoms with Crippen molar-refractivity contribution in [2.24, 2.45) is 4.99 Å². The molecule has 0 bridgehead atoms. The number of hydrogen-bond donors (Lipinski definition) is 2. The summed E-state index contributed by atoms with van der Waals surface area (Å²) >= 11 is 0. The zero-order chi connectivity index (χ0) is 23.3. The van der Waals surface area contributed by atoms with E-state index in [1.165, 1.54) is 14.2 Å². The Morgan fingerprint density at radius 2 is 1.78 bits per heavy atom. The van der Waals surface area contributed by atoms with Gasteiger partial charge in [-0.2, -0.15) is 0 Å². The predicted octanol–water partition coefficient (Wildman–Crippen LogP) is 3.07. The molecule has 0 heterocycles. The van der Waals surface area contributed by atoms with Gasteiger partial charge in [-0.25, -0.2) is 4.79 Å². The summed E-state index contributed by atoms with van der Waals surface area (Å²) in [7, 11) is 4.57. The number of methoxy groups -OCH3 is 2. The first-order valence-corrected chi connectivity index (χ1v) is 10.5. The lowest BCUT2D eigenvalue weighted by molar-refractivity contribution is 0.0597. The number of guanidine groups is 1. The third-order valence-corrected chi connectivity index (χ3v) is 4.71. The third kappa shape index (κ3) is 7.46. The van der Waals surface area contributed by atoms with Crippen molar-refractivity contribution in [1.29, 1.82) is 0 Å². The topological polar surface area (TPSA) is 90.4 Å². The standard InChI is InChI=1S/C24H33N3O5/c1-6-31-11-12-32-22-13-17(2)7-9-19(22)16-27-24(25-3)26-15-18-8-10-21(29-4)20(14-18)23(28)30-5/h7-10,13-14H,6,11-12,15-16H2,1-5H3,(H2,25,26,27). The van der Waals surface area contributed by atoms with E-state index in [1.54, 1.807) is 19.2 Å². The summed E-state index contributed by atoms with van der Waals surface area (Å²) in [6.45, 7) is 6.72. The zero-order valence-electron chi connectivity index (χ0n) is 19.5. The Labute approximate surface area is 189 Å². The third-order valence-electron chi connectivity index (χ3n) is 4.71. The van der Waals surface area contributed by atoms with Crippen LogP contribution in [-0.2, 0) is 22.6 Å². The number of benzene rings is 2. The van der Waals surface area contributed by atoms with Gasteiger partial charge in [-0.1, -0.05) is 18.2 Å². The van der Waals surface area contributed by atoms with Crippen LogP contribution in [0.4, 0.5) is 0 Å². The van der Waals surface area contributed by atoms with Crippen molar-refractivity contribution in [2.45, 2.75) is 26.9 Å². The minimum absolute atomic E-state index is 0.380. The molecule has 2 aromatic carbocycles. The molecular weight excluding hydrogens is 410 g/mol. The number of hydrogen-bond acceptors (Lipinski definition) is 6. The SMILES string of the molecule is CCOCCOc1cc(C)ccc1CNC(=NC)NCc1ccc(OC)c(C(=O)OC)c1. The van der Waals surface area contributed by atoms with Crippen LogP contribution in [0.3, 0.4) is 0 Å². The van der Waals surface area contributed by atoms with Crippen molar-refractivity contribution >= 4 is 11.9 Å². The average Bonchev–Trinajstić information content (AvgIpc) is 2.82. The van der Waals surface area contributed by atoms with Crippen molar-refractivity contribution in [2.75, 3.05) is 41.1 Å². The first-order valence-electron chi connectivity index (χ1n) is 10.5. The molecule has 0 aromatic heterocycles. The van der Waals surface area contributed by atoms with Gasteiger partial charge in [-0.05, 0) is 43.2 Å². The van der Waals surface area contributed by atoms with Crippen LogP contribution in [0.1, 0.15) is 34.0 Å². The molecule has 32 heavy (non-hydrogen) atoms. The Morgan fingerprint density at radius 3 is 2.47 bits per heavy atom. The second-order valence-corrected chi connectivity index (χ2v) is 6.96. The maximum Gasteiger partial charge on any atom is 0.341 e. The molecule has 2 N–H and O–H groups in total. The Kier molecular flexibility index (Phi) is 10.3. The van der Waals surface area contributed by atoms with Crippen LogP contribution < -0.4 is 20.1 Å². The van der Waals surface area contributed by atoms with Crippen LogP contribution in [0.2, 0.25) is 0 Å². The van der Waals surface area contributed by atoms with Gasteiger partial charge >= 0.3 is 5.97 Å². The van der Waals surface area contributed by atoms with E-state index in [0.29, 0.717) is 50.2 Å². The molecule has 8 nitrogen and oxygen atoms in total. The largest absolute Gasteiger partial charge is 0.496 e.